The molecule has 4 N–H and O–H groups in total. The van der Waals surface area contributed by atoms with Crippen molar-refractivity contribution < 1.29 is 25.2 Å². The van der Waals surface area contributed by atoms with E-state index >= 15 is 0 Å². The van der Waals surface area contributed by atoms with Crippen LogP contribution in [0.4, 0.5) is 0 Å². The predicted molar refractivity (Wildman–Crippen MR) is 103 cm³/mol. The van der Waals surface area contributed by atoms with Gasteiger partial charge in [-0.1, -0.05) is 50.5 Å². The first-order valence-electron chi connectivity index (χ1n) is 9.91. The Morgan fingerprint density at radius 1 is 1.15 bits per heavy atom. The third-order valence-electron chi connectivity index (χ3n) is 5.22. The van der Waals surface area contributed by atoms with Crippen molar-refractivity contribution in [2.75, 3.05) is 0 Å². The molecule has 0 spiro atoms. The van der Waals surface area contributed by atoms with E-state index in [2.05, 4.69) is 6.92 Å². The average molecular weight is 369 g/mol. The minimum atomic E-state index is -0.889. The normalized spacial score (nSPS) is 28.8. The first kappa shape index (κ1) is 22.9. The lowest BCUT2D eigenvalue weighted by Crippen LogP contribution is -2.24. The molecule has 1 aliphatic rings. The molecular weight excluding hydrogens is 332 g/mol. The summed E-state index contributed by atoms with van der Waals surface area (Å²) in [5.74, 6) is -1.04. The molecular formula is C21H36O5. The van der Waals surface area contributed by atoms with Crippen molar-refractivity contribution in [1.29, 1.82) is 0 Å². The number of carboxylic acids is 1. The van der Waals surface area contributed by atoms with Crippen LogP contribution in [0.25, 0.3) is 0 Å². The average Bonchev–Trinajstić information content (AvgIpc) is 2.82. The van der Waals surface area contributed by atoms with Gasteiger partial charge in [0.15, 0.2) is 0 Å². The number of rotatable bonds is 12. The number of hydrogen-bond acceptors (Lipinski definition) is 4. The van der Waals surface area contributed by atoms with Crippen LogP contribution >= 0.6 is 0 Å². The van der Waals surface area contributed by atoms with Gasteiger partial charge in [0.2, 0.25) is 0 Å². The zero-order valence-corrected chi connectivity index (χ0v) is 16.2. The Labute approximate surface area is 157 Å². The van der Waals surface area contributed by atoms with Crippen LogP contribution in [0.1, 0.15) is 71.6 Å². The molecule has 0 aromatic heterocycles. The fourth-order valence-corrected chi connectivity index (χ4v) is 3.58. The lowest BCUT2D eigenvalue weighted by atomic mass is 9.88. The van der Waals surface area contributed by atoms with Gasteiger partial charge in [0.1, 0.15) is 0 Å². The molecule has 0 amide bonds. The van der Waals surface area contributed by atoms with Crippen molar-refractivity contribution in [2.24, 2.45) is 11.8 Å². The lowest BCUT2D eigenvalue weighted by molar-refractivity contribution is -0.137. The first-order valence-corrected chi connectivity index (χ1v) is 9.91. The van der Waals surface area contributed by atoms with Gasteiger partial charge in [0, 0.05) is 18.8 Å². The van der Waals surface area contributed by atoms with Crippen molar-refractivity contribution in [1.82, 2.24) is 0 Å². The van der Waals surface area contributed by atoms with E-state index in [9.17, 15) is 20.1 Å². The molecule has 1 fully saturated rings. The second-order valence-corrected chi connectivity index (χ2v) is 7.78. The molecule has 5 nitrogen and oxygen atoms in total. The summed E-state index contributed by atoms with van der Waals surface area (Å²) in [4.78, 5) is 10.5. The maximum Gasteiger partial charge on any atom is 0.303 e. The molecule has 0 saturated heterocycles. The second-order valence-electron chi connectivity index (χ2n) is 7.78. The summed E-state index contributed by atoms with van der Waals surface area (Å²) in [5.41, 5.74) is -0.889. The SMILES string of the molecule is CCCCCC(C)(O)C=C[C@@H]1[C@@H](CC=CCCCC(=O)O)[C@@H](O)C[C@H]1O. The molecule has 26 heavy (non-hydrogen) atoms. The van der Waals surface area contributed by atoms with Gasteiger partial charge in [-0.3, -0.25) is 4.79 Å². The van der Waals surface area contributed by atoms with Gasteiger partial charge < -0.3 is 20.4 Å². The van der Waals surface area contributed by atoms with Gasteiger partial charge >= 0.3 is 5.97 Å². The van der Waals surface area contributed by atoms with Crippen LogP contribution in [0.2, 0.25) is 0 Å². The fourth-order valence-electron chi connectivity index (χ4n) is 3.58. The maximum atomic E-state index is 10.5. The monoisotopic (exact) mass is 368 g/mol. The van der Waals surface area contributed by atoms with E-state index in [1.165, 1.54) is 0 Å². The Morgan fingerprint density at radius 3 is 2.54 bits per heavy atom. The van der Waals surface area contributed by atoms with Gasteiger partial charge in [-0.25, -0.2) is 0 Å². The second kappa shape index (κ2) is 11.5. The van der Waals surface area contributed by atoms with E-state index in [0.29, 0.717) is 32.1 Å². The Kier molecular flexibility index (Phi) is 10.1. The number of aliphatic carboxylic acids is 1. The molecule has 0 aromatic carbocycles. The minimum absolute atomic E-state index is 0.0802. The van der Waals surface area contributed by atoms with Crippen LogP contribution in [-0.4, -0.2) is 44.2 Å². The number of aliphatic hydroxyl groups is 3. The van der Waals surface area contributed by atoms with Gasteiger partial charge in [-0.2, -0.15) is 0 Å². The molecule has 1 saturated carbocycles. The summed E-state index contributed by atoms with van der Waals surface area (Å²) in [6.45, 7) is 3.91. The molecule has 150 valence electrons. The third kappa shape index (κ3) is 8.47. The van der Waals surface area contributed by atoms with Crippen molar-refractivity contribution in [3.8, 4) is 0 Å². The van der Waals surface area contributed by atoms with Crippen LogP contribution < -0.4 is 0 Å². The number of aliphatic hydroxyl groups excluding tert-OH is 2. The summed E-state index contributed by atoms with van der Waals surface area (Å²) in [6, 6.07) is 0. The molecule has 1 aliphatic carbocycles. The van der Waals surface area contributed by atoms with Crippen LogP contribution in [0.3, 0.4) is 0 Å². The van der Waals surface area contributed by atoms with Crippen LogP contribution in [-0.2, 0) is 4.79 Å². The van der Waals surface area contributed by atoms with Crippen LogP contribution in [0, 0.1) is 11.8 Å². The minimum Gasteiger partial charge on any atom is -0.481 e. The summed E-state index contributed by atoms with van der Waals surface area (Å²) in [5, 5.41) is 39.6. The van der Waals surface area contributed by atoms with E-state index in [-0.39, 0.29) is 18.3 Å². The van der Waals surface area contributed by atoms with E-state index in [0.717, 1.165) is 19.3 Å². The van der Waals surface area contributed by atoms with E-state index in [4.69, 9.17) is 5.11 Å². The van der Waals surface area contributed by atoms with E-state index in [1.54, 1.807) is 13.0 Å². The zero-order valence-electron chi connectivity index (χ0n) is 16.2. The molecule has 0 bridgehead atoms. The number of carbonyl (C=O) groups is 1. The quantitative estimate of drug-likeness (QED) is 0.312. The third-order valence-corrected chi connectivity index (χ3v) is 5.22. The molecule has 1 unspecified atom stereocenters. The Bertz CT molecular complexity index is 469. The van der Waals surface area contributed by atoms with E-state index < -0.39 is 23.8 Å². The number of hydrogen-bond donors (Lipinski definition) is 4. The predicted octanol–water partition coefficient (Wildman–Crippen LogP) is 3.43. The van der Waals surface area contributed by atoms with Gasteiger partial charge in [0.05, 0.1) is 17.8 Å². The summed E-state index contributed by atoms with van der Waals surface area (Å²) in [7, 11) is 0. The van der Waals surface area contributed by atoms with Crippen LogP contribution in [0.5, 0.6) is 0 Å². The zero-order chi connectivity index (χ0) is 19.6. The summed E-state index contributed by atoms with van der Waals surface area (Å²) < 4.78 is 0. The highest BCUT2D eigenvalue weighted by Crippen LogP contribution is 2.37. The topological polar surface area (TPSA) is 98.0 Å². The highest BCUT2D eigenvalue weighted by molar-refractivity contribution is 5.66. The molecule has 5 atom stereocenters. The number of allylic oxidation sites excluding steroid dienone is 2. The van der Waals surface area contributed by atoms with Crippen molar-refractivity contribution >= 4 is 5.97 Å². The molecule has 0 heterocycles. The Hall–Kier alpha value is -1.17. The molecule has 0 aliphatic heterocycles. The number of carboxylic acid groups (broad SMARTS) is 1. The highest BCUT2D eigenvalue weighted by atomic mass is 16.4. The molecule has 5 heteroatoms. The largest absolute Gasteiger partial charge is 0.481 e. The first-order chi connectivity index (χ1) is 12.3. The van der Waals surface area contributed by atoms with E-state index in [1.807, 2.05) is 18.2 Å². The molecule has 1 rings (SSSR count). The van der Waals surface area contributed by atoms with Gasteiger partial charge in [-0.15, -0.1) is 0 Å². The number of unbranched alkanes of at least 4 members (excludes halogenated alkanes) is 3. The lowest BCUT2D eigenvalue weighted by Gasteiger charge is -2.23. The van der Waals surface area contributed by atoms with Gasteiger partial charge in [0.25, 0.3) is 0 Å². The molecule has 0 aromatic rings. The standard InChI is InChI=1S/C21H36O5/c1-3-4-9-13-21(2,26)14-12-17-16(18(22)15-19(17)23)10-7-5-6-8-11-20(24)25/h5,7,12,14,16-19,22-23,26H,3-4,6,8-11,13,15H2,1-2H3,(H,24,25)/t16-,17-,18+,19-,21?/m1/s1. The van der Waals surface area contributed by atoms with Crippen molar-refractivity contribution in [2.45, 2.75) is 89.4 Å². The highest BCUT2D eigenvalue weighted by Gasteiger charge is 2.39. The van der Waals surface area contributed by atoms with Crippen LogP contribution in [0.15, 0.2) is 24.3 Å². The fraction of sp³-hybridized carbons (Fsp3) is 0.762. The Morgan fingerprint density at radius 2 is 1.88 bits per heavy atom. The molecule has 0 radical (unpaired) electrons. The summed E-state index contributed by atoms with van der Waals surface area (Å²) in [6.07, 6.45) is 12.7. The van der Waals surface area contributed by atoms with Crippen molar-refractivity contribution in [3.63, 3.8) is 0 Å². The van der Waals surface area contributed by atoms with Gasteiger partial charge in [-0.05, 0) is 38.5 Å². The van der Waals surface area contributed by atoms with Crippen molar-refractivity contribution in [3.05, 3.63) is 24.3 Å². The Balaban J connectivity index is 2.56. The maximum absolute atomic E-state index is 10.5. The summed E-state index contributed by atoms with van der Waals surface area (Å²) >= 11 is 0. The smallest absolute Gasteiger partial charge is 0.303 e.